The van der Waals surface area contributed by atoms with Crippen molar-refractivity contribution < 1.29 is 18.3 Å². The molecule has 0 aromatic heterocycles. The van der Waals surface area contributed by atoms with Gasteiger partial charge in [-0.3, -0.25) is 0 Å². The summed E-state index contributed by atoms with van der Waals surface area (Å²) in [5.74, 6) is 0.711. The predicted molar refractivity (Wildman–Crippen MR) is 86.3 cm³/mol. The molecule has 22 heavy (non-hydrogen) atoms. The van der Waals surface area contributed by atoms with E-state index in [0.717, 1.165) is 18.4 Å². The number of benzene rings is 1. The van der Waals surface area contributed by atoms with Crippen LogP contribution in [-0.4, -0.2) is 31.9 Å². The van der Waals surface area contributed by atoms with Crippen molar-refractivity contribution in [2.45, 2.75) is 56.4 Å². The molecule has 2 N–H and O–H groups in total. The fourth-order valence-electron chi connectivity index (χ4n) is 2.87. The van der Waals surface area contributed by atoms with Crippen LogP contribution in [0.3, 0.4) is 0 Å². The van der Waals surface area contributed by atoms with E-state index in [1.54, 1.807) is 45.2 Å². The molecule has 6 heteroatoms. The Balaban J connectivity index is 2.31. The number of sulfonamides is 1. The van der Waals surface area contributed by atoms with E-state index in [4.69, 9.17) is 4.74 Å². The fourth-order valence-corrected chi connectivity index (χ4v) is 3.85. The Morgan fingerprint density at radius 2 is 1.91 bits per heavy atom. The van der Waals surface area contributed by atoms with Gasteiger partial charge in [-0.15, -0.1) is 0 Å². The van der Waals surface area contributed by atoms with Gasteiger partial charge in [0.05, 0.1) is 18.4 Å². The highest BCUT2D eigenvalue weighted by Crippen LogP contribution is 2.38. The zero-order chi connectivity index (χ0) is 16.4. The van der Waals surface area contributed by atoms with Crippen molar-refractivity contribution in [1.82, 2.24) is 4.72 Å². The van der Waals surface area contributed by atoms with Crippen LogP contribution in [0, 0.1) is 0 Å². The second-order valence-electron chi connectivity index (χ2n) is 6.16. The van der Waals surface area contributed by atoms with E-state index in [1.165, 1.54) is 0 Å². The molecule has 0 spiro atoms. The number of aliphatic hydroxyl groups is 1. The zero-order valence-electron chi connectivity index (χ0n) is 13.4. The lowest BCUT2D eigenvalue weighted by molar-refractivity contribution is -0.0250. The maximum atomic E-state index is 12.2. The molecular weight excluding hydrogens is 302 g/mol. The van der Waals surface area contributed by atoms with Crippen LogP contribution in [0.5, 0.6) is 5.75 Å². The Morgan fingerprint density at radius 3 is 2.45 bits per heavy atom. The van der Waals surface area contributed by atoms with E-state index in [2.05, 4.69) is 4.72 Å². The molecule has 0 radical (unpaired) electrons. The molecule has 124 valence electrons. The van der Waals surface area contributed by atoms with E-state index in [9.17, 15) is 13.5 Å². The molecule has 0 bridgehead atoms. The van der Waals surface area contributed by atoms with Crippen molar-refractivity contribution in [2.24, 2.45) is 0 Å². The Labute approximate surface area is 132 Å². The first kappa shape index (κ1) is 17.2. The molecule has 2 atom stereocenters. The van der Waals surface area contributed by atoms with Gasteiger partial charge in [-0.2, -0.15) is 0 Å². The molecule has 5 nitrogen and oxygen atoms in total. The summed E-state index contributed by atoms with van der Waals surface area (Å²) in [4.78, 5) is 0. The third-order valence-corrected chi connectivity index (χ3v) is 6.25. The minimum absolute atomic E-state index is 0.498. The number of hydrogen-bond donors (Lipinski definition) is 2. The predicted octanol–water partition coefficient (Wildman–Crippen LogP) is 2.15. The van der Waals surface area contributed by atoms with Gasteiger partial charge in [-0.25, -0.2) is 13.1 Å². The van der Waals surface area contributed by atoms with Crippen LogP contribution in [-0.2, 0) is 15.6 Å². The van der Waals surface area contributed by atoms with Crippen molar-refractivity contribution in [3.05, 3.63) is 29.8 Å². The summed E-state index contributed by atoms with van der Waals surface area (Å²) in [5.41, 5.74) is -0.448. The normalized spacial score (nSPS) is 26.1. The molecule has 1 fully saturated rings. The number of ether oxygens (including phenoxy) is 1. The van der Waals surface area contributed by atoms with Crippen LogP contribution in [0.4, 0.5) is 0 Å². The first-order chi connectivity index (χ1) is 10.3. The molecule has 2 rings (SSSR count). The Morgan fingerprint density at radius 1 is 1.27 bits per heavy atom. The lowest BCUT2D eigenvalue weighted by Crippen LogP contribution is -2.53. The average Bonchev–Trinajstić information content (AvgIpc) is 2.49. The Hall–Kier alpha value is -1.11. The fraction of sp³-hybridized carbons (Fsp3) is 0.625. The van der Waals surface area contributed by atoms with E-state index < -0.39 is 26.9 Å². The van der Waals surface area contributed by atoms with Crippen molar-refractivity contribution in [3.8, 4) is 5.75 Å². The molecule has 1 saturated carbocycles. The molecule has 0 saturated heterocycles. The topological polar surface area (TPSA) is 75.6 Å². The summed E-state index contributed by atoms with van der Waals surface area (Å²) in [5, 5.41) is 10.6. The monoisotopic (exact) mass is 327 g/mol. The van der Waals surface area contributed by atoms with Gasteiger partial charge in [-0.05, 0) is 44.4 Å². The van der Waals surface area contributed by atoms with E-state index in [1.807, 2.05) is 0 Å². The highest BCUT2D eigenvalue weighted by molar-refractivity contribution is 7.90. The van der Waals surface area contributed by atoms with Crippen LogP contribution >= 0.6 is 0 Å². The number of methoxy groups -OCH3 is 1. The van der Waals surface area contributed by atoms with Crippen molar-refractivity contribution >= 4 is 10.0 Å². The van der Waals surface area contributed by atoms with E-state index in [0.29, 0.717) is 18.6 Å². The highest BCUT2D eigenvalue weighted by Gasteiger charge is 2.42. The third kappa shape index (κ3) is 3.45. The molecule has 1 aromatic carbocycles. The quantitative estimate of drug-likeness (QED) is 0.869. The number of rotatable bonds is 5. The van der Waals surface area contributed by atoms with Gasteiger partial charge in [0.2, 0.25) is 10.0 Å². The van der Waals surface area contributed by atoms with Crippen LogP contribution in [0.25, 0.3) is 0 Å². The second-order valence-corrected chi connectivity index (χ2v) is 8.43. The average molecular weight is 327 g/mol. The summed E-state index contributed by atoms with van der Waals surface area (Å²) < 4.78 is 32.2. The molecule has 0 unspecified atom stereocenters. The number of nitrogens with one attached hydrogen (secondary N) is 1. The van der Waals surface area contributed by atoms with Gasteiger partial charge in [0.25, 0.3) is 0 Å². The first-order valence-electron chi connectivity index (χ1n) is 7.67. The zero-order valence-corrected chi connectivity index (χ0v) is 14.2. The SMILES string of the molecule is COc1ccc([C@]2(O)CCCC[C@H]2NS(=O)(=O)C(C)C)cc1. The van der Waals surface area contributed by atoms with Crippen LogP contribution < -0.4 is 9.46 Å². The summed E-state index contributed by atoms with van der Waals surface area (Å²) in [6.07, 6.45) is 2.96. The minimum Gasteiger partial charge on any atom is -0.497 e. The van der Waals surface area contributed by atoms with Gasteiger partial charge in [-0.1, -0.05) is 25.0 Å². The van der Waals surface area contributed by atoms with E-state index >= 15 is 0 Å². The lowest BCUT2D eigenvalue weighted by Gasteiger charge is -2.41. The van der Waals surface area contributed by atoms with Crippen molar-refractivity contribution in [1.29, 1.82) is 0 Å². The molecule has 1 aliphatic rings. The first-order valence-corrected chi connectivity index (χ1v) is 9.22. The van der Waals surface area contributed by atoms with Crippen LogP contribution in [0.2, 0.25) is 0 Å². The van der Waals surface area contributed by atoms with Gasteiger partial charge < -0.3 is 9.84 Å². The van der Waals surface area contributed by atoms with E-state index in [-0.39, 0.29) is 0 Å². The Bertz CT molecular complexity index is 597. The summed E-state index contributed by atoms with van der Waals surface area (Å²) in [7, 11) is -1.84. The Kier molecular flexibility index (Phi) is 5.14. The highest BCUT2D eigenvalue weighted by atomic mass is 32.2. The van der Waals surface area contributed by atoms with Crippen molar-refractivity contribution in [2.75, 3.05) is 7.11 Å². The largest absolute Gasteiger partial charge is 0.497 e. The molecule has 0 amide bonds. The smallest absolute Gasteiger partial charge is 0.214 e. The van der Waals surface area contributed by atoms with Gasteiger partial charge >= 0.3 is 0 Å². The molecule has 0 heterocycles. The molecule has 0 aliphatic heterocycles. The van der Waals surface area contributed by atoms with Crippen LogP contribution in [0.1, 0.15) is 45.1 Å². The summed E-state index contributed by atoms with van der Waals surface area (Å²) in [6, 6.07) is 6.69. The van der Waals surface area contributed by atoms with Gasteiger partial charge in [0.1, 0.15) is 11.4 Å². The van der Waals surface area contributed by atoms with Crippen molar-refractivity contribution in [3.63, 3.8) is 0 Å². The van der Waals surface area contributed by atoms with Gasteiger partial charge in [0.15, 0.2) is 0 Å². The molecule has 1 aliphatic carbocycles. The van der Waals surface area contributed by atoms with Gasteiger partial charge in [0, 0.05) is 0 Å². The molecular formula is C16H25NO4S. The maximum absolute atomic E-state index is 12.2. The second kappa shape index (κ2) is 6.56. The molecule has 1 aromatic rings. The summed E-state index contributed by atoms with van der Waals surface area (Å²) in [6.45, 7) is 3.27. The van der Waals surface area contributed by atoms with Crippen LogP contribution in [0.15, 0.2) is 24.3 Å². The number of hydrogen-bond acceptors (Lipinski definition) is 4. The maximum Gasteiger partial charge on any atom is 0.214 e. The lowest BCUT2D eigenvalue weighted by atomic mass is 9.76. The summed E-state index contributed by atoms with van der Waals surface area (Å²) >= 11 is 0. The standard InChI is InChI=1S/C16H25NO4S/c1-12(2)22(19,20)17-15-6-4-5-11-16(15,18)13-7-9-14(21-3)10-8-13/h7-10,12,15,17-18H,4-6,11H2,1-3H3/t15-,16-/m1/s1. The third-order valence-electron chi connectivity index (χ3n) is 4.39. The minimum atomic E-state index is -3.42.